The molecule has 0 atom stereocenters. The molecule has 23 heavy (non-hydrogen) atoms. The topological polar surface area (TPSA) is 35.5 Å². The van der Waals surface area contributed by atoms with E-state index < -0.39 is 0 Å². The molecular formula is C20H32O3. The van der Waals surface area contributed by atoms with Crippen molar-refractivity contribution in [1.29, 1.82) is 0 Å². The Labute approximate surface area is 141 Å². The fourth-order valence-corrected chi connectivity index (χ4v) is 2.48. The van der Waals surface area contributed by atoms with Crippen LogP contribution in [0.3, 0.4) is 0 Å². The first-order chi connectivity index (χ1) is 11.2. The standard InChI is InChI=1S/C20H32O3/c1-4-7-8-9-10-11-22-12-13-23-20(21)19-15-17(5-2)14-18(6-3)16-19/h14-16H,4-13H2,1-3H3. The number of rotatable bonds is 12. The number of hydrogen-bond donors (Lipinski definition) is 0. The highest BCUT2D eigenvalue weighted by molar-refractivity contribution is 5.89. The summed E-state index contributed by atoms with van der Waals surface area (Å²) in [5, 5.41) is 0. The molecule has 0 spiro atoms. The molecule has 0 aromatic heterocycles. The van der Waals surface area contributed by atoms with Crippen molar-refractivity contribution in [3.05, 3.63) is 34.9 Å². The SMILES string of the molecule is CCCCCCCOCCOC(=O)c1cc(CC)cc(CC)c1. The van der Waals surface area contributed by atoms with E-state index in [0.717, 1.165) is 25.9 Å². The zero-order valence-corrected chi connectivity index (χ0v) is 15.0. The molecule has 0 saturated carbocycles. The van der Waals surface area contributed by atoms with E-state index in [2.05, 4.69) is 26.8 Å². The van der Waals surface area contributed by atoms with Gasteiger partial charge in [-0.25, -0.2) is 4.79 Å². The molecule has 130 valence electrons. The highest BCUT2D eigenvalue weighted by Gasteiger charge is 2.09. The molecule has 0 radical (unpaired) electrons. The average molecular weight is 320 g/mol. The maximum atomic E-state index is 12.1. The zero-order valence-electron chi connectivity index (χ0n) is 15.0. The van der Waals surface area contributed by atoms with E-state index in [9.17, 15) is 4.79 Å². The number of hydrogen-bond acceptors (Lipinski definition) is 3. The van der Waals surface area contributed by atoms with E-state index in [1.807, 2.05) is 12.1 Å². The lowest BCUT2D eigenvalue weighted by Gasteiger charge is -2.09. The predicted octanol–water partition coefficient (Wildman–Crippen LogP) is 4.96. The van der Waals surface area contributed by atoms with Crippen LogP contribution in [0.5, 0.6) is 0 Å². The van der Waals surface area contributed by atoms with Gasteiger partial charge in [-0.15, -0.1) is 0 Å². The van der Waals surface area contributed by atoms with Crippen LogP contribution in [0.15, 0.2) is 18.2 Å². The molecule has 1 aromatic rings. The summed E-state index contributed by atoms with van der Waals surface area (Å²) in [5.74, 6) is -0.249. The van der Waals surface area contributed by atoms with Gasteiger partial charge in [0, 0.05) is 6.61 Å². The Bertz CT molecular complexity index is 432. The van der Waals surface area contributed by atoms with Crippen LogP contribution in [-0.4, -0.2) is 25.8 Å². The molecule has 1 rings (SSSR count). The molecular weight excluding hydrogens is 288 g/mol. The van der Waals surface area contributed by atoms with Gasteiger partial charge in [-0.2, -0.15) is 0 Å². The minimum atomic E-state index is -0.249. The van der Waals surface area contributed by atoms with Crippen molar-refractivity contribution < 1.29 is 14.3 Å². The molecule has 0 saturated heterocycles. The first-order valence-electron chi connectivity index (χ1n) is 9.08. The first kappa shape index (κ1) is 19.7. The number of carbonyl (C=O) groups is 1. The number of esters is 1. The van der Waals surface area contributed by atoms with Crippen molar-refractivity contribution in [3.8, 4) is 0 Å². The Balaban J connectivity index is 2.24. The van der Waals surface area contributed by atoms with E-state index in [4.69, 9.17) is 9.47 Å². The van der Waals surface area contributed by atoms with Crippen LogP contribution < -0.4 is 0 Å². The number of carbonyl (C=O) groups excluding carboxylic acids is 1. The summed E-state index contributed by atoms with van der Waals surface area (Å²) in [6.07, 6.45) is 8.00. The Kier molecular flexibility index (Phi) is 10.4. The summed E-state index contributed by atoms with van der Waals surface area (Å²) >= 11 is 0. The monoisotopic (exact) mass is 320 g/mol. The molecule has 0 N–H and O–H groups in total. The van der Waals surface area contributed by atoms with Crippen molar-refractivity contribution >= 4 is 5.97 Å². The van der Waals surface area contributed by atoms with Crippen molar-refractivity contribution in [2.24, 2.45) is 0 Å². The summed E-state index contributed by atoms with van der Waals surface area (Å²) < 4.78 is 10.8. The predicted molar refractivity (Wildman–Crippen MR) is 95.1 cm³/mol. The van der Waals surface area contributed by atoms with Crippen LogP contribution in [0.4, 0.5) is 0 Å². The lowest BCUT2D eigenvalue weighted by atomic mass is 10.0. The Hall–Kier alpha value is -1.35. The minimum absolute atomic E-state index is 0.249. The molecule has 0 bridgehead atoms. The van der Waals surface area contributed by atoms with Gasteiger partial charge in [0.25, 0.3) is 0 Å². The van der Waals surface area contributed by atoms with Crippen LogP contribution in [0.25, 0.3) is 0 Å². The second kappa shape index (κ2) is 12.1. The van der Waals surface area contributed by atoms with Gasteiger partial charge in [0.2, 0.25) is 0 Å². The summed E-state index contributed by atoms with van der Waals surface area (Å²) in [6.45, 7) is 7.97. The Morgan fingerprint density at radius 1 is 0.826 bits per heavy atom. The Morgan fingerprint density at radius 2 is 1.48 bits per heavy atom. The van der Waals surface area contributed by atoms with Gasteiger partial charge in [0.05, 0.1) is 12.2 Å². The molecule has 0 aliphatic heterocycles. The highest BCUT2D eigenvalue weighted by atomic mass is 16.6. The van der Waals surface area contributed by atoms with Crippen LogP contribution >= 0.6 is 0 Å². The maximum absolute atomic E-state index is 12.1. The summed E-state index contributed by atoms with van der Waals surface area (Å²) in [6, 6.07) is 6.00. The smallest absolute Gasteiger partial charge is 0.338 e. The fourth-order valence-electron chi connectivity index (χ4n) is 2.48. The highest BCUT2D eigenvalue weighted by Crippen LogP contribution is 2.13. The third-order valence-electron chi connectivity index (χ3n) is 3.96. The molecule has 0 unspecified atom stereocenters. The largest absolute Gasteiger partial charge is 0.460 e. The second-order valence-corrected chi connectivity index (χ2v) is 5.91. The average Bonchev–Trinajstić information content (AvgIpc) is 2.59. The third kappa shape index (κ3) is 8.17. The molecule has 3 heteroatoms. The number of unbranched alkanes of at least 4 members (excludes halogenated alkanes) is 4. The van der Waals surface area contributed by atoms with E-state index >= 15 is 0 Å². The van der Waals surface area contributed by atoms with E-state index in [-0.39, 0.29) is 5.97 Å². The number of benzene rings is 1. The van der Waals surface area contributed by atoms with Crippen molar-refractivity contribution in [2.45, 2.75) is 65.7 Å². The maximum Gasteiger partial charge on any atom is 0.338 e. The van der Waals surface area contributed by atoms with Gasteiger partial charge in [0.1, 0.15) is 6.61 Å². The molecule has 3 nitrogen and oxygen atoms in total. The van der Waals surface area contributed by atoms with Crippen molar-refractivity contribution in [2.75, 3.05) is 19.8 Å². The van der Waals surface area contributed by atoms with Crippen LogP contribution in [0.1, 0.15) is 74.4 Å². The molecule has 1 aromatic carbocycles. The zero-order chi connectivity index (χ0) is 16.9. The van der Waals surface area contributed by atoms with Crippen LogP contribution in [-0.2, 0) is 22.3 Å². The van der Waals surface area contributed by atoms with Crippen LogP contribution in [0, 0.1) is 0 Å². The van der Waals surface area contributed by atoms with Crippen molar-refractivity contribution in [3.63, 3.8) is 0 Å². The summed E-state index contributed by atoms with van der Waals surface area (Å²) in [7, 11) is 0. The lowest BCUT2D eigenvalue weighted by Crippen LogP contribution is -2.12. The molecule has 0 aliphatic rings. The van der Waals surface area contributed by atoms with Crippen LogP contribution in [0.2, 0.25) is 0 Å². The lowest BCUT2D eigenvalue weighted by molar-refractivity contribution is 0.0312. The van der Waals surface area contributed by atoms with Gasteiger partial charge in [-0.3, -0.25) is 0 Å². The van der Waals surface area contributed by atoms with Gasteiger partial charge in [-0.1, -0.05) is 52.5 Å². The summed E-state index contributed by atoms with van der Waals surface area (Å²) in [5.41, 5.74) is 3.01. The van der Waals surface area contributed by atoms with Gasteiger partial charge >= 0.3 is 5.97 Å². The molecule has 0 fully saturated rings. The quantitative estimate of drug-likeness (QED) is 0.403. The summed E-state index contributed by atoms with van der Waals surface area (Å²) in [4.78, 5) is 12.1. The molecule has 0 amide bonds. The second-order valence-electron chi connectivity index (χ2n) is 5.91. The van der Waals surface area contributed by atoms with Gasteiger partial charge in [0.15, 0.2) is 0 Å². The van der Waals surface area contributed by atoms with E-state index in [1.54, 1.807) is 0 Å². The third-order valence-corrected chi connectivity index (χ3v) is 3.96. The van der Waals surface area contributed by atoms with Crippen molar-refractivity contribution in [1.82, 2.24) is 0 Å². The normalized spacial score (nSPS) is 10.7. The van der Waals surface area contributed by atoms with Gasteiger partial charge in [-0.05, 0) is 42.5 Å². The van der Waals surface area contributed by atoms with Gasteiger partial charge < -0.3 is 9.47 Å². The number of ether oxygens (including phenoxy) is 2. The van der Waals surface area contributed by atoms with E-state index in [1.165, 1.54) is 36.8 Å². The Morgan fingerprint density at radius 3 is 2.09 bits per heavy atom. The molecule has 0 heterocycles. The molecule has 0 aliphatic carbocycles. The van der Waals surface area contributed by atoms with E-state index in [0.29, 0.717) is 18.8 Å². The minimum Gasteiger partial charge on any atom is -0.460 e. The fraction of sp³-hybridized carbons (Fsp3) is 0.650. The first-order valence-corrected chi connectivity index (χ1v) is 9.08. The number of aryl methyl sites for hydroxylation is 2.